The van der Waals surface area contributed by atoms with E-state index in [2.05, 4.69) is 17.4 Å². The van der Waals surface area contributed by atoms with Crippen LogP contribution >= 0.6 is 0 Å². The molecule has 126 valence electrons. The molecule has 0 heterocycles. The summed E-state index contributed by atoms with van der Waals surface area (Å²) >= 11 is 0. The zero-order valence-corrected chi connectivity index (χ0v) is 13.6. The maximum atomic E-state index is 11.9. The van der Waals surface area contributed by atoms with Gasteiger partial charge in [0.2, 0.25) is 5.91 Å². The molecule has 0 fully saturated rings. The van der Waals surface area contributed by atoms with Crippen LogP contribution < -0.4 is 10.1 Å². The van der Waals surface area contributed by atoms with Crippen LogP contribution in [0.25, 0.3) is 0 Å². The highest BCUT2D eigenvalue weighted by Crippen LogP contribution is 2.33. The van der Waals surface area contributed by atoms with Crippen molar-refractivity contribution < 1.29 is 19.4 Å². The molecule has 2 rings (SSSR count). The second kappa shape index (κ2) is 8.56. The molecule has 1 aliphatic carbocycles. The van der Waals surface area contributed by atoms with Gasteiger partial charge in [-0.1, -0.05) is 6.07 Å². The van der Waals surface area contributed by atoms with Gasteiger partial charge >= 0.3 is 5.97 Å². The quantitative estimate of drug-likeness (QED) is 0.722. The van der Waals surface area contributed by atoms with E-state index in [1.54, 1.807) is 7.11 Å². The summed E-state index contributed by atoms with van der Waals surface area (Å²) in [6, 6.07) is 6.18. The first-order valence-corrected chi connectivity index (χ1v) is 8.25. The van der Waals surface area contributed by atoms with E-state index in [9.17, 15) is 9.59 Å². The molecule has 1 aromatic rings. The van der Waals surface area contributed by atoms with Crippen molar-refractivity contribution in [3.63, 3.8) is 0 Å². The second-order valence-electron chi connectivity index (χ2n) is 6.06. The summed E-state index contributed by atoms with van der Waals surface area (Å²) < 4.78 is 5.27. The molecule has 5 nitrogen and oxygen atoms in total. The monoisotopic (exact) mass is 319 g/mol. The SMILES string of the molecule is COc1ccc2c(c1)CCCC2CNC(=O)CCCCC(=O)O. The van der Waals surface area contributed by atoms with Crippen molar-refractivity contribution in [2.45, 2.75) is 50.9 Å². The highest BCUT2D eigenvalue weighted by atomic mass is 16.5. The van der Waals surface area contributed by atoms with Gasteiger partial charge in [-0.05, 0) is 55.4 Å². The van der Waals surface area contributed by atoms with E-state index in [-0.39, 0.29) is 12.3 Å². The third-order valence-electron chi connectivity index (χ3n) is 4.38. The fourth-order valence-electron chi connectivity index (χ4n) is 3.12. The molecule has 0 saturated heterocycles. The minimum absolute atomic E-state index is 0.0102. The highest BCUT2D eigenvalue weighted by molar-refractivity contribution is 5.76. The lowest BCUT2D eigenvalue weighted by Gasteiger charge is -2.26. The Bertz CT molecular complexity index is 556. The van der Waals surface area contributed by atoms with Gasteiger partial charge in [-0.25, -0.2) is 0 Å². The van der Waals surface area contributed by atoms with Gasteiger partial charge in [0.25, 0.3) is 0 Å². The molecular formula is C18H25NO4. The lowest BCUT2D eigenvalue weighted by molar-refractivity contribution is -0.137. The number of nitrogens with one attached hydrogen (secondary N) is 1. The van der Waals surface area contributed by atoms with E-state index >= 15 is 0 Å². The first kappa shape index (κ1) is 17.3. The minimum Gasteiger partial charge on any atom is -0.497 e. The molecule has 0 saturated carbocycles. The third-order valence-corrected chi connectivity index (χ3v) is 4.38. The normalized spacial score (nSPS) is 16.5. The van der Waals surface area contributed by atoms with Crippen LogP contribution in [0.5, 0.6) is 5.75 Å². The number of unbranched alkanes of at least 4 members (excludes halogenated alkanes) is 1. The zero-order valence-electron chi connectivity index (χ0n) is 13.6. The fraction of sp³-hybridized carbons (Fsp3) is 0.556. The molecule has 5 heteroatoms. The largest absolute Gasteiger partial charge is 0.497 e. The predicted molar refractivity (Wildman–Crippen MR) is 87.8 cm³/mol. The van der Waals surface area contributed by atoms with Crippen molar-refractivity contribution in [1.29, 1.82) is 0 Å². The van der Waals surface area contributed by atoms with E-state index in [0.29, 0.717) is 31.7 Å². The first-order valence-electron chi connectivity index (χ1n) is 8.25. The molecule has 1 amide bonds. The summed E-state index contributed by atoms with van der Waals surface area (Å²) in [4.78, 5) is 22.3. The molecular weight excluding hydrogens is 294 g/mol. The topological polar surface area (TPSA) is 75.6 Å². The maximum Gasteiger partial charge on any atom is 0.303 e. The Hall–Kier alpha value is -2.04. The Labute approximate surface area is 137 Å². The number of aliphatic carboxylic acids is 1. The Morgan fingerprint density at radius 3 is 2.83 bits per heavy atom. The van der Waals surface area contributed by atoms with E-state index in [0.717, 1.165) is 25.0 Å². The smallest absolute Gasteiger partial charge is 0.303 e. The first-order chi connectivity index (χ1) is 11.1. The zero-order chi connectivity index (χ0) is 16.7. The van der Waals surface area contributed by atoms with E-state index in [1.165, 1.54) is 11.1 Å². The van der Waals surface area contributed by atoms with Crippen LogP contribution in [-0.4, -0.2) is 30.6 Å². The Morgan fingerprint density at radius 2 is 2.09 bits per heavy atom. The summed E-state index contributed by atoms with van der Waals surface area (Å²) in [5.74, 6) is 0.440. The number of carboxylic acid groups (broad SMARTS) is 1. The summed E-state index contributed by atoms with van der Waals surface area (Å²) in [6.45, 7) is 0.650. The van der Waals surface area contributed by atoms with Gasteiger partial charge in [-0.2, -0.15) is 0 Å². The Balaban J connectivity index is 1.80. The Morgan fingerprint density at radius 1 is 1.30 bits per heavy atom. The van der Waals surface area contributed by atoms with Crippen molar-refractivity contribution in [1.82, 2.24) is 5.32 Å². The van der Waals surface area contributed by atoms with E-state index in [4.69, 9.17) is 9.84 Å². The number of aryl methyl sites for hydroxylation is 1. The number of rotatable bonds is 8. The number of ether oxygens (including phenoxy) is 1. The summed E-state index contributed by atoms with van der Waals surface area (Å²) in [7, 11) is 1.67. The van der Waals surface area contributed by atoms with Crippen LogP contribution in [0, 0.1) is 0 Å². The maximum absolute atomic E-state index is 11.9. The number of carbonyl (C=O) groups is 2. The molecule has 0 aromatic heterocycles. The Kier molecular flexibility index (Phi) is 6.44. The van der Waals surface area contributed by atoms with Crippen LogP contribution in [-0.2, 0) is 16.0 Å². The van der Waals surface area contributed by atoms with Crippen molar-refractivity contribution in [2.75, 3.05) is 13.7 Å². The number of amides is 1. The summed E-state index contributed by atoms with van der Waals surface area (Å²) in [5, 5.41) is 11.6. The predicted octanol–water partition coefficient (Wildman–Crippen LogP) is 2.88. The van der Waals surface area contributed by atoms with Gasteiger partial charge in [0, 0.05) is 25.3 Å². The molecule has 0 aliphatic heterocycles. The average Bonchev–Trinajstić information content (AvgIpc) is 2.56. The van der Waals surface area contributed by atoms with Gasteiger partial charge in [0.1, 0.15) is 5.75 Å². The molecule has 1 atom stereocenters. The van der Waals surface area contributed by atoms with Gasteiger partial charge in [-0.3, -0.25) is 9.59 Å². The second-order valence-corrected chi connectivity index (χ2v) is 6.06. The van der Waals surface area contributed by atoms with Crippen LogP contribution in [0.1, 0.15) is 55.6 Å². The molecule has 23 heavy (non-hydrogen) atoms. The van der Waals surface area contributed by atoms with E-state index in [1.807, 2.05) is 6.07 Å². The minimum atomic E-state index is -0.806. The lowest BCUT2D eigenvalue weighted by Crippen LogP contribution is -2.29. The molecule has 2 N–H and O–H groups in total. The molecule has 1 aliphatic rings. The number of hydrogen-bond donors (Lipinski definition) is 2. The average molecular weight is 319 g/mol. The molecule has 0 spiro atoms. The number of methoxy groups -OCH3 is 1. The van der Waals surface area contributed by atoms with Crippen LogP contribution in [0.4, 0.5) is 0 Å². The third kappa shape index (κ3) is 5.27. The molecule has 1 unspecified atom stereocenters. The molecule has 0 bridgehead atoms. The number of hydrogen-bond acceptors (Lipinski definition) is 3. The standard InChI is InChI=1S/C18H25NO4/c1-23-15-9-10-16-13(11-15)5-4-6-14(16)12-19-17(20)7-2-3-8-18(21)22/h9-11,14H,2-8,12H2,1H3,(H,19,20)(H,21,22). The van der Waals surface area contributed by atoms with Crippen molar-refractivity contribution >= 4 is 11.9 Å². The van der Waals surface area contributed by atoms with Crippen molar-refractivity contribution in [2.24, 2.45) is 0 Å². The molecule has 0 radical (unpaired) electrons. The van der Waals surface area contributed by atoms with Crippen LogP contribution in [0.3, 0.4) is 0 Å². The summed E-state index contributed by atoms with van der Waals surface area (Å²) in [6.07, 6.45) is 4.97. The van der Waals surface area contributed by atoms with Crippen LogP contribution in [0.2, 0.25) is 0 Å². The number of fused-ring (bicyclic) bond motifs is 1. The van der Waals surface area contributed by atoms with E-state index < -0.39 is 5.97 Å². The van der Waals surface area contributed by atoms with Gasteiger partial charge in [0.05, 0.1) is 7.11 Å². The van der Waals surface area contributed by atoms with Gasteiger partial charge in [0.15, 0.2) is 0 Å². The van der Waals surface area contributed by atoms with Crippen molar-refractivity contribution in [3.8, 4) is 5.75 Å². The fourth-order valence-corrected chi connectivity index (χ4v) is 3.12. The lowest BCUT2D eigenvalue weighted by atomic mass is 9.82. The number of carboxylic acids is 1. The van der Waals surface area contributed by atoms with Gasteiger partial charge in [-0.15, -0.1) is 0 Å². The van der Waals surface area contributed by atoms with Gasteiger partial charge < -0.3 is 15.2 Å². The number of carbonyl (C=O) groups excluding carboxylic acids is 1. The molecule has 1 aromatic carbocycles. The number of benzene rings is 1. The highest BCUT2D eigenvalue weighted by Gasteiger charge is 2.21. The van der Waals surface area contributed by atoms with Crippen LogP contribution in [0.15, 0.2) is 18.2 Å². The van der Waals surface area contributed by atoms with Crippen molar-refractivity contribution in [3.05, 3.63) is 29.3 Å². The summed E-state index contributed by atoms with van der Waals surface area (Å²) in [5.41, 5.74) is 2.62.